The Labute approximate surface area is 185 Å². The van der Waals surface area contributed by atoms with Crippen molar-refractivity contribution in [2.45, 2.75) is 44.7 Å². The Hall–Kier alpha value is -3.05. The first-order valence-corrected chi connectivity index (χ1v) is 11.9. The molecule has 3 aromatic carbocycles. The molecule has 1 N–H and O–H groups in total. The number of allylic oxidation sites excluding steroid dienone is 1. The van der Waals surface area contributed by atoms with Crippen LogP contribution < -0.4 is 9.62 Å². The highest BCUT2D eigenvalue weighted by Gasteiger charge is 2.28. The molecule has 0 spiro atoms. The summed E-state index contributed by atoms with van der Waals surface area (Å²) in [5, 5.41) is 3.51. The van der Waals surface area contributed by atoms with Crippen molar-refractivity contribution in [1.29, 1.82) is 0 Å². The molecule has 0 aliphatic carbocycles. The van der Waals surface area contributed by atoms with Crippen LogP contribution in [0.15, 0.2) is 83.8 Å². The molecule has 0 bridgehead atoms. The van der Waals surface area contributed by atoms with Crippen LogP contribution >= 0.6 is 0 Å². The van der Waals surface area contributed by atoms with Gasteiger partial charge in [0.1, 0.15) is 0 Å². The van der Waals surface area contributed by atoms with E-state index in [9.17, 15) is 8.42 Å². The van der Waals surface area contributed by atoms with E-state index in [1.165, 1.54) is 4.31 Å². The average Bonchev–Trinajstić information content (AvgIpc) is 2.72. The summed E-state index contributed by atoms with van der Waals surface area (Å²) < 4.78 is 28.9. The van der Waals surface area contributed by atoms with Crippen molar-refractivity contribution in [2.24, 2.45) is 0 Å². The van der Waals surface area contributed by atoms with Gasteiger partial charge in [0.2, 0.25) is 0 Å². The maximum atomic E-state index is 13.7. The minimum Gasteiger partial charge on any atom is -0.376 e. The van der Waals surface area contributed by atoms with Crippen LogP contribution in [0.2, 0.25) is 0 Å². The summed E-state index contributed by atoms with van der Waals surface area (Å²) in [7, 11) is -3.74. The van der Waals surface area contributed by atoms with Gasteiger partial charge >= 0.3 is 0 Å². The molecular formula is C26H28N2O2S. The summed E-state index contributed by atoms with van der Waals surface area (Å²) in [4.78, 5) is 0.290. The lowest BCUT2D eigenvalue weighted by Crippen LogP contribution is -2.33. The van der Waals surface area contributed by atoms with Gasteiger partial charge in [-0.15, -0.1) is 0 Å². The second-order valence-electron chi connectivity index (χ2n) is 8.71. The van der Waals surface area contributed by atoms with Crippen LogP contribution in [0.4, 0.5) is 11.4 Å². The average molecular weight is 433 g/mol. The number of hydrogen-bond acceptors (Lipinski definition) is 3. The van der Waals surface area contributed by atoms with E-state index in [-0.39, 0.29) is 12.1 Å². The third-order valence-corrected chi connectivity index (χ3v) is 7.32. The Kier molecular flexibility index (Phi) is 5.40. The van der Waals surface area contributed by atoms with Crippen LogP contribution in [-0.2, 0) is 16.6 Å². The number of benzene rings is 3. The number of aryl methyl sites for hydroxylation is 1. The minimum absolute atomic E-state index is 0.143. The molecule has 0 saturated carbocycles. The third-order valence-electron chi connectivity index (χ3n) is 5.53. The normalized spacial score (nSPS) is 14.9. The van der Waals surface area contributed by atoms with E-state index in [1.54, 1.807) is 12.1 Å². The maximum Gasteiger partial charge on any atom is 0.264 e. The van der Waals surface area contributed by atoms with Crippen molar-refractivity contribution < 1.29 is 8.42 Å². The number of hydrogen-bond donors (Lipinski definition) is 1. The molecule has 0 fully saturated rings. The summed E-state index contributed by atoms with van der Waals surface area (Å²) >= 11 is 0. The number of nitrogens with one attached hydrogen (secondary N) is 1. The van der Waals surface area contributed by atoms with Crippen LogP contribution in [0.25, 0.3) is 5.57 Å². The molecular weight excluding hydrogens is 404 g/mol. The molecule has 3 aromatic rings. The molecule has 4 nitrogen and oxygen atoms in total. The Balaban J connectivity index is 1.82. The van der Waals surface area contributed by atoms with Gasteiger partial charge in [-0.2, -0.15) is 0 Å². The molecule has 0 saturated heterocycles. The van der Waals surface area contributed by atoms with Crippen LogP contribution in [0.1, 0.15) is 37.5 Å². The second-order valence-corrected chi connectivity index (χ2v) is 10.6. The van der Waals surface area contributed by atoms with Crippen LogP contribution in [0, 0.1) is 6.92 Å². The monoisotopic (exact) mass is 432 g/mol. The quantitative estimate of drug-likeness (QED) is 0.538. The van der Waals surface area contributed by atoms with Gasteiger partial charge in [-0.05, 0) is 69.2 Å². The first kappa shape index (κ1) is 21.2. The van der Waals surface area contributed by atoms with Crippen molar-refractivity contribution in [3.05, 3.63) is 95.6 Å². The second kappa shape index (κ2) is 7.89. The fourth-order valence-electron chi connectivity index (χ4n) is 4.03. The number of sulfonamides is 1. The van der Waals surface area contributed by atoms with E-state index in [0.29, 0.717) is 10.6 Å². The fraction of sp³-hybridized carbons (Fsp3) is 0.231. The molecule has 0 atom stereocenters. The third kappa shape index (κ3) is 4.37. The summed E-state index contributed by atoms with van der Waals surface area (Å²) in [6, 6.07) is 22.5. The maximum absolute atomic E-state index is 13.7. The Morgan fingerprint density at radius 2 is 1.58 bits per heavy atom. The minimum atomic E-state index is -3.74. The zero-order chi connectivity index (χ0) is 22.2. The van der Waals surface area contributed by atoms with E-state index >= 15 is 0 Å². The molecule has 160 valence electrons. The van der Waals surface area contributed by atoms with Crippen molar-refractivity contribution in [3.63, 3.8) is 0 Å². The molecule has 4 rings (SSSR count). The first-order valence-electron chi connectivity index (χ1n) is 10.4. The zero-order valence-electron chi connectivity index (χ0n) is 18.4. The molecule has 1 aliphatic rings. The highest BCUT2D eigenvalue weighted by atomic mass is 32.2. The van der Waals surface area contributed by atoms with Crippen molar-refractivity contribution in [3.8, 4) is 0 Å². The summed E-state index contributed by atoms with van der Waals surface area (Å²) in [6.45, 7) is 8.53. The van der Waals surface area contributed by atoms with E-state index in [1.807, 2.05) is 67.6 Å². The topological polar surface area (TPSA) is 49.4 Å². The van der Waals surface area contributed by atoms with Gasteiger partial charge in [-0.3, -0.25) is 4.31 Å². The molecule has 1 heterocycles. The standard InChI is InChI=1S/C26H28N2O2S/c1-19-10-13-23(14-11-19)31(29,30)28(18-21-8-6-5-7-9-21)22-12-15-25-24(16-22)20(2)17-26(3,4)27-25/h5-17,27H,18H2,1-4H3. The fourth-order valence-corrected chi connectivity index (χ4v) is 5.47. The molecule has 0 aromatic heterocycles. The van der Waals surface area contributed by atoms with Gasteiger partial charge in [0.15, 0.2) is 0 Å². The highest BCUT2D eigenvalue weighted by Crippen LogP contribution is 2.37. The van der Waals surface area contributed by atoms with Gasteiger partial charge in [0.05, 0.1) is 22.7 Å². The lowest BCUT2D eigenvalue weighted by atomic mass is 9.91. The number of rotatable bonds is 5. The predicted molar refractivity (Wildman–Crippen MR) is 129 cm³/mol. The summed E-state index contributed by atoms with van der Waals surface area (Å²) in [5.74, 6) is 0. The van der Waals surface area contributed by atoms with Gasteiger partial charge in [0.25, 0.3) is 10.0 Å². The zero-order valence-corrected chi connectivity index (χ0v) is 19.2. The largest absolute Gasteiger partial charge is 0.376 e. The summed E-state index contributed by atoms with van der Waals surface area (Å²) in [6.07, 6.45) is 2.18. The predicted octanol–water partition coefficient (Wildman–Crippen LogP) is 6.00. The summed E-state index contributed by atoms with van der Waals surface area (Å²) in [5.41, 5.74) is 5.64. The van der Waals surface area contributed by atoms with Crippen LogP contribution in [0.5, 0.6) is 0 Å². The molecule has 0 radical (unpaired) electrons. The SMILES string of the molecule is CC1=CC(C)(C)Nc2ccc(N(Cc3ccccc3)S(=O)(=O)c3ccc(C)cc3)cc21. The Morgan fingerprint density at radius 1 is 0.903 bits per heavy atom. The van der Waals surface area contributed by atoms with Crippen LogP contribution in [-0.4, -0.2) is 14.0 Å². The number of anilines is 2. The first-order chi connectivity index (χ1) is 14.7. The molecule has 1 aliphatic heterocycles. The Bertz CT molecular complexity index is 1230. The van der Waals surface area contributed by atoms with E-state index in [0.717, 1.165) is 28.0 Å². The Morgan fingerprint density at radius 3 is 2.26 bits per heavy atom. The van der Waals surface area contributed by atoms with E-state index in [2.05, 4.69) is 32.2 Å². The molecule has 5 heteroatoms. The van der Waals surface area contributed by atoms with Gasteiger partial charge in [-0.25, -0.2) is 8.42 Å². The van der Waals surface area contributed by atoms with Gasteiger partial charge in [-0.1, -0.05) is 54.1 Å². The van der Waals surface area contributed by atoms with Crippen molar-refractivity contribution in [1.82, 2.24) is 0 Å². The lowest BCUT2D eigenvalue weighted by Gasteiger charge is -2.33. The van der Waals surface area contributed by atoms with Gasteiger partial charge in [0, 0.05) is 11.3 Å². The lowest BCUT2D eigenvalue weighted by molar-refractivity contribution is 0.590. The highest BCUT2D eigenvalue weighted by molar-refractivity contribution is 7.92. The van der Waals surface area contributed by atoms with Gasteiger partial charge < -0.3 is 5.32 Å². The molecule has 0 amide bonds. The van der Waals surface area contributed by atoms with E-state index in [4.69, 9.17) is 0 Å². The molecule has 0 unspecified atom stereocenters. The van der Waals surface area contributed by atoms with E-state index < -0.39 is 10.0 Å². The van der Waals surface area contributed by atoms with Crippen molar-refractivity contribution in [2.75, 3.05) is 9.62 Å². The van der Waals surface area contributed by atoms with Crippen molar-refractivity contribution >= 4 is 27.0 Å². The number of fused-ring (bicyclic) bond motifs is 1. The molecule has 31 heavy (non-hydrogen) atoms. The van der Waals surface area contributed by atoms with Crippen LogP contribution in [0.3, 0.4) is 0 Å². The smallest absolute Gasteiger partial charge is 0.264 e. The number of nitrogens with zero attached hydrogens (tertiary/aromatic N) is 1.